The summed E-state index contributed by atoms with van der Waals surface area (Å²) in [6, 6.07) is 5.36. The van der Waals surface area contributed by atoms with E-state index in [2.05, 4.69) is 20.8 Å². The minimum absolute atomic E-state index is 0.0663. The van der Waals surface area contributed by atoms with Gasteiger partial charge in [-0.05, 0) is 36.7 Å². The van der Waals surface area contributed by atoms with Gasteiger partial charge in [0.25, 0.3) is 0 Å². The van der Waals surface area contributed by atoms with Crippen LogP contribution in [0.3, 0.4) is 0 Å². The number of rotatable bonds is 3. The van der Waals surface area contributed by atoms with Gasteiger partial charge in [0, 0.05) is 19.4 Å². The van der Waals surface area contributed by atoms with Crippen molar-refractivity contribution in [3.63, 3.8) is 0 Å². The maximum atomic E-state index is 13.1. The Morgan fingerprint density at radius 2 is 2.04 bits per heavy atom. The van der Waals surface area contributed by atoms with Gasteiger partial charge in [-0.15, -0.1) is 0 Å². The molecule has 0 N–H and O–H groups in total. The molecular weight excluding hydrogens is 352 g/mol. The molecule has 26 heavy (non-hydrogen) atoms. The number of fused-ring (bicyclic) bond motifs is 1. The fraction of sp³-hybridized carbons (Fsp3) is 0.667. The Morgan fingerprint density at radius 3 is 2.73 bits per heavy atom. The lowest BCUT2D eigenvalue weighted by atomic mass is 9.75. The number of benzene rings is 1. The smallest absolute Gasteiger partial charge is 0.340 e. The fourth-order valence-electron chi connectivity index (χ4n) is 4.09. The summed E-state index contributed by atoms with van der Waals surface area (Å²) < 4.78 is 17.8. The SMILES string of the molecule is CC(C)[C@@H]1CC[C@@H](C)C[C@@H]1OC(=O)[C@H]1OC(C)(C)Oc2c(Cl)cccc21. The largest absolute Gasteiger partial charge is 0.461 e. The Morgan fingerprint density at radius 1 is 1.31 bits per heavy atom. The number of para-hydroxylation sites is 1. The van der Waals surface area contributed by atoms with Crippen LogP contribution in [0.25, 0.3) is 0 Å². The molecule has 1 aliphatic carbocycles. The molecule has 4 nitrogen and oxygen atoms in total. The zero-order chi connectivity index (χ0) is 19.1. The number of carbonyl (C=O) groups excluding carboxylic acids is 1. The molecule has 0 amide bonds. The van der Waals surface area contributed by atoms with E-state index in [1.807, 2.05) is 6.07 Å². The van der Waals surface area contributed by atoms with Gasteiger partial charge in [0.2, 0.25) is 5.79 Å². The van der Waals surface area contributed by atoms with Gasteiger partial charge in [-0.2, -0.15) is 0 Å². The summed E-state index contributed by atoms with van der Waals surface area (Å²) >= 11 is 6.28. The Bertz CT molecular complexity index is 670. The number of ether oxygens (including phenoxy) is 3. The van der Waals surface area contributed by atoms with Gasteiger partial charge in [-0.3, -0.25) is 0 Å². The molecule has 0 saturated heterocycles. The highest BCUT2D eigenvalue weighted by molar-refractivity contribution is 6.32. The van der Waals surface area contributed by atoms with Crippen molar-refractivity contribution >= 4 is 17.6 Å². The average molecular weight is 381 g/mol. The van der Waals surface area contributed by atoms with Crippen molar-refractivity contribution in [1.29, 1.82) is 0 Å². The molecular formula is C21H29ClO4. The van der Waals surface area contributed by atoms with Crippen molar-refractivity contribution in [2.24, 2.45) is 17.8 Å². The van der Waals surface area contributed by atoms with Crippen molar-refractivity contribution in [2.75, 3.05) is 0 Å². The molecule has 1 aliphatic heterocycles. The second-order valence-corrected chi connectivity index (χ2v) is 8.87. The summed E-state index contributed by atoms with van der Waals surface area (Å²) in [5, 5.41) is 0.475. The minimum Gasteiger partial charge on any atom is -0.461 e. The average Bonchev–Trinajstić information content (AvgIpc) is 2.54. The Hall–Kier alpha value is -1.26. The van der Waals surface area contributed by atoms with Gasteiger partial charge < -0.3 is 14.2 Å². The third-order valence-corrected chi connectivity index (χ3v) is 5.77. The van der Waals surface area contributed by atoms with Crippen molar-refractivity contribution in [3.8, 4) is 5.75 Å². The third-order valence-electron chi connectivity index (χ3n) is 5.47. The number of esters is 1. The van der Waals surface area contributed by atoms with Crippen LogP contribution >= 0.6 is 11.6 Å². The summed E-state index contributed by atoms with van der Waals surface area (Å²) in [6.07, 6.45) is 2.31. The maximum absolute atomic E-state index is 13.1. The molecule has 0 radical (unpaired) electrons. The Kier molecular flexibility index (Phi) is 5.55. The molecule has 1 fully saturated rings. The molecule has 0 aromatic heterocycles. The van der Waals surface area contributed by atoms with Crippen LogP contribution in [-0.4, -0.2) is 17.9 Å². The molecule has 0 bridgehead atoms. The van der Waals surface area contributed by atoms with Crippen LogP contribution in [0, 0.1) is 17.8 Å². The summed E-state index contributed by atoms with van der Waals surface area (Å²) in [5.41, 5.74) is 0.631. The van der Waals surface area contributed by atoms with Crippen LogP contribution in [0.2, 0.25) is 5.02 Å². The van der Waals surface area contributed by atoms with Gasteiger partial charge in [0.05, 0.1) is 5.02 Å². The van der Waals surface area contributed by atoms with E-state index in [-0.39, 0.29) is 12.1 Å². The predicted molar refractivity (Wildman–Crippen MR) is 101 cm³/mol. The number of halogens is 1. The highest BCUT2D eigenvalue weighted by atomic mass is 35.5. The summed E-state index contributed by atoms with van der Waals surface area (Å²) in [7, 11) is 0. The molecule has 1 saturated carbocycles. The topological polar surface area (TPSA) is 44.8 Å². The normalized spacial score (nSPS) is 30.4. The molecule has 0 spiro atoms. The summed E-state index contributed by atoms with van der Waals surface area (Å²) in [6.45, 7) is 10.2. The third kappa shape index (κ3) is 4.01. The predicted octanol–water partition coefficient (Wildman–Crippen LogP) is 5.53. The van der Waals surface area contributed by atoms with E-state index in [0.717, 1.165) is 12.8 Å². The van der Waals surface area contributed by atoms with Crippen molar-refractivity contribution < 1.29 is 19.0 Å². The number of hydrogen-bond acceptors (Lipinski definition) is 4. The van der Waals surface area contributed by atoms with E-state index < -0.39 is 11.9 Å². The maximum Gasteiger partial charge on any atom is 0.340 e. The lowest BCUT2D eigenvalue weighted by molar-refractivity contribution is -0.224. The monoisotopic (exact) mass is 380 g/mol. The van der Waals surface area contributed by atoms with Gasteiger partial charge in [-0.1, -0.05) is 50.9 Å². The van der Waals surface area contributed by atoms with Crippen LogP contribution in [0.1, 0.15) is 65.5 Å². The highest BCUT2D eigenvalue weighted by Gasteiger charge is 2.42. The van der Waals surface area contributed by atoms with Gasteiger partial charge in [0.15, 0.2) is 6.10 Å². The van der Waals surface area contributed by atoms with E-state index in [4.69, 9.17) is 25.8 Å². The lowest BCUT2D eigenvalue weighted by Crippen LogP contribution is -2.43. The number of hydrogen-bond donors (Lipinski definition) is 0. The first-order valence-corrected chi connectivity index (χ1v) is 9.91. The first kappa shape index (κ1) is 19.5. The Balaban J connectivity index is 1.84. The quantitative estimate of drug-likeness (QED) is 0.646. The second-order valence-electron chi connectivity index (χ2n) is 8.46. The van der Waals surface area contributed by atoms with Crippen molar-refractivity contribution in [2.45, 2.75) is 71.9 Å². The van der Waals surface area contributed by atoms with Crippen LogP contribution < -0.4 is 4.74 Å². The van der Waals surface area contributed by atoms with Crippen LogP contribution in [0.5, 0.6) is 5.75 Å². The van der Waals surface area contributed by atoms with Crippen molar-refractivity contribution in [1.82, 2.24) is 0 Å². The van der Waals surface area contributed by atoms with Gasteiger partial charge in [0.1, 0.15) is 11.9 Å². The zero-order valence-corrected chi connectivity index (χ0v) is 17.0. The minimum atomic E-state index is -0.945. The van der Waals surface area contributed by atoms with E-state index in [0.29, 0.717) is 34.1 Å². The molecule has 1 aromatic rings. The molecule has 2 aliphatic rings. The van der Waals surface area contributed by atoms with Crippen LogP contribution in [-0.2, 0) is 14.3 Å². The summed E-state index contributed by atoms with van der Waals surface area (Å²) in [4.78, 5) is 13.1. The zero-order valence-electron chi connectivity index (χ0n) is 16.3. The highest BCUT2D eigenvalue weighted by Crippen LogP contribution is 2.44. The fourth-order valence-corrected chi connectivity index (χ4v) is 4.31. The number of carbonyl (C=O) groups is 1. The first-order valence-electron chi connectivity index (χ1n) is 9.53. The lowest BCUT2D eigenvalue weighted by Gasteiger charge is -2.40. The molecule has 4 atom stereocenters. The molecule has 3 rings (SSSR count). The summed E-state index contributed by atoms with van der Waals surface area (Å²) in [5.74, 6) is 0.644. The Labute approximate surface area is 161 Å². The standard InChI is InChI=1S/C21H29ClO4/c1-12(2)14-10-9-13(3)11-17(14)24-20(23)19-15-7-6-8-16(22)18(15)25-21(4,5)26-19/h6-8,12-14,17,19H,9-11H2,1-5H3/t13-,14+,17+,19+/m1/s1. The molecule has 5 heteroatoms. The van der Waals surface area contributed by atoms with Crippen molar-refractivity contribution in [3.05, 3.63) is 28.8 Å². The van der Waals surface area contributed by atoms with E-state index in [1.165, 1.54) is 6.42 Å². The molecule has 1 aromatic carbocycles. The molecule has 1 heterocycles. The van der Waals surface area contributed by atoms with E-state index in [9.17, 15) is 4.79 Å². The van der Waals surface area contributed by atoms with Crippen LogP contribution in [0.15, 0.2) is 18.2 Å². The molecule has 0 unspecified atom stereocenters. The second kappa shape index (κ2) is 7.40. The van der Waals surface area contributed by atoms with Gasteiger partial charge >= 0.3 is 5.97 Å². The van der Waals surface area contributed by atoms with E-state index >= 15 is 0 Å². The van der Waals surface area contributed by atoms with E-state index in [1.54, 1.807) is 26.0 Å². The van der Waals surface area contributed by atoms with Crippen LogP contribution in [0.4, 0.5) is 0 Å². The first-order chi connectivity index (χ1) is 12.2. The van der Waals surface area contributed by atoms with Gasteiger partial charge in [-0.25, -0.2) is 4.79 Å². The molecule has 144 valence electrons.